The highest BCUT2D eigenvalue weighted by Crippen LogP contribution is 2.29. The summed E-state index contributed by atoms with van der Waals surface area (Å²) < 4.78 is 11.1. The third kappa shape index (κ3) is 4.05. The molecule has 4 atom stereocenters. The Morgan fingerprint density at radius 2 is 1.95 bits per heavy atom. The molecule has 0 amide bonds. The van der Waals surface area contributed by atoms with Crippen molar-refractivity contribution in [3.63, 3.8) is 0 Å². The molecular formula is C14H27ClN2O2. The van der Waals surface area contributed by atoms with Gasteiger partial charge in [0.25, 0.3) is 0 Å². The molecule has 5 heteroatoms. The molecule has 2 saturated heterocycles. The van der Waals surface area contributed by atoms with Crippen LogP contribution in [-0.2, 0) is 9.47 Å². The quantitative estimate of drug-likeness (QED) is 0.816. The topological polar surface area (TPSA) is 42.5 Å². The molecule has 2 heterocycles. The Labute approximate surface area is 122 Å². The van der Waals surface area contributed by atoms with Gasteiger partial charge in [-0.2, -0.15) is 0 Å². The number of rotatable bonds is 4. The fraction of sp³-hybridized carbons (Fsp3) is 1.00. The SMILES string of the molecule is C1CC(NCC2CCOC2)C(C2COCCN2)C1.Cl. The van der Waals surface area contributed by atoms with Crippen LogP contribution >= 0.6 is 12.4 Å². The Morgan fingerprint density at radius 3 is 2.68 bits per heavy atom. The van der Waals surface area contributed by atoms with Crippen molar-refractivity contribution in [3.05, 3.63) is 0 Å². The Balaban J connectivity index is 0.00000133. The molecule has 112 valence electrons. The van der Waals surface area contributed by atoms with Crippen LogP contribution in [0.2, 0.25) is 0 Å². The van der Waals surface area contributed by atoms with Gasteiger partial charge in [-0.3, -0.25) is 0 Å². The van der Waals surface area contributed by atoms with E-state index in [1.807, 2.05) is 0 Å². The van der Waals surface area contributed by atoms with Crippen LogP contribution in [0, 0.1) is 11.8 Å². The van der Waals surface area contributed by atoms with Gasteiger partial charge < -0.3 is 20.1 Å². The highest BCUT2D eigenvalue weighted by atomic mass is 35.5. The van der Waals surface area contributed by atoms with Crippen molar-refractivity contribution in [2.45, 2.75) is 37.8 Å². The summed E-state index contributed by atoms with van der Waals surface area (Å²) in [4.78, 5) is 0. The van der Waals surface area contributed by atoms with Gasteiger partial charge in [-0.25, -0.2) is 0 Å². The van der Waals surface area contributed by atoms with Crippen LogP contribution < -0.4 is 10.6 Å². The van der Waals surface area contributed by atoms with E-state index in [4.69, 9.17) is 9.47 Å². The summed E-state index contributed by atoms with van der Waals surface area (Å²) in [7, 11) is 0. The second-order valence-corrected chi connectivity index (χ2v) is 5.97. The van der Waals surface area contributed by atoms with Crippen LogP contribution in [0.15, 0.2) is 0 Å². The number of ether oxygens (including phenoxy) is 2. The number of morpholine rings is 1. The van der Waals surface area contributed by atoms with E-state index in [0.29, 0.717) is 12.1 Å². The fourth-order valence-corrected chi connectivity index (χ4v) is 3.65. The molecule has 3 aliphatic rings. The lowest BCUT2D eigenvalue weighted by Crippen LogP contribution is -2.51. The van der Waals surface area contributed by atoms with Crippen LogP contribution in [0.5, 0.6) is 0 Å². The standard InChI is InChI=1S/C14H26N2O2.ClH/c1-2-12(14-10-18-7-5-15-14)13(3-1)16-8-11-4-6-17-9-11;/h11-16H,1-10H2;1H. The second kappa shape index (κ2) is 7.79. The zero-order chi connectivity index (χ0) is 12.2. The monoisotopic (exact) mass is 290 g/mol. The predicted molar refractivity (Wildman–Crippen MR) is 77.9 cm³/mol. The lowest BCUT2D eigenvalue weighted by molar-refractivity contribution is 0.0522. The van der Waals surface area contributed by atoms with Gasteiger partial charge in [0, 0.05) is 31.8 Å². The fourth-order valence-electron chi connectivity index (χ4n) is 3.65. The van der Waals surface area contributed by atoms with E-state index in [1.54, 1.807) is 0 Å². The van der Waals surface area contributed by atoms with E-state index in [2.05, 4.69) is 10.6 Å². The maximum absolute atomic E-state index is 5.61. The Kier molecular flexibility index (Phi) is 6.36. The first kappa shape index (κ1) is 15.5. The molecule has 0 aromatic carbocycles. The van der Waals surface area contributed by atoms with Crippen molar-refractivity contribution in [2.75, 3.05) is 39.5 Å². The maximum atomic E-state index is 5.61. The van der Waals surface area contributed by atoms with Crippen LogP contribution in [-0.4, -0.2) is 51.6 Å². The summed E-state index contributed by atoms with van der Waals surface area (Å²) in [5.41, 5.74) is 0. The Morgan fingerprint density at radius 1 is 1.05 bits per heavy atom. The number of hydrogen-bond donors (Lipinski definition) is 2. The second-order valence-electron chi connectivity index (χ2n) is 5.97. The van der Waals surface area contributed by atoms with Crippen molar-refractivity contribution < 1.29 is 9.47 Å². The van der Waals surface area contributed by atoms with Crippen LogP contribution in [0.1, 0.15) is 25.7 Å². The van der Waals surface area contributed by atoms with Gasteiger partial charge in [-0.15, -0.1) is 12.4 Å². The van der Waals surface area contributed by atoms with E-state index >= 15 is 0 Å². The Bertz CT molecular complexity index is 256. The van der Waals surface area contributed by atoms with Crippen molar-refractivity contribution in [1.82, 2.24) is 10.6 Å². The molecule has 0 spiro atoms. The molecule has 0 aromatic heterocycles. The summed E-state index contributed by atoms with van der Waals surface area (Å²) in [5, 5.41) is 7.42. The molecule has 4 nitrogen and oxygen atoms in total. The molecule has 3 fully saturated rings. The lowest BCUT2D eigenvalue weighted by Gasteiger charge is -2.33. The first-order valence-electron chi connectivity index (χ1n) is 7.56. The first-order chi connectivity index (χ1) is 8.93. The summed E-state index contributed by atoms with van der Waals surface area (Å²) in [6, 6.07) is 1.25. The normalized spacial score (nSPS) is 39.2. The van der Waals surface area contributed by atoms with E-state index < -0.39 is 0 Å². The highest BCUT2D eigenvalue weighted by molar-refractivity contribution is 5.85. The summed E-state index contributed by atoms with van der Waals surface area (Å²) in [6.45, 7) is 5.84. The average Bonchev–Trinajstić information content (AvgIpc) is 3.09. The minimum atomic E-state index is 0. The average molecular weight is 291 g/mol. The molecule has 2 N–H and O–H groups in total. The number of hydrogen-bond acceptors (Lipinski definition) is 4. The summed E-state index contributed by atoms with van der Waals surface area (Å²) in [6.07, 6.45) is 5.27. The summed E-state index contributed by atoms with van der Waals surface area (Å²) in [5.74, 6) is 1.49. The molecule has 3 rings (SSSR count). The number of nitrogens with one attached hydrogen (secondary N) is 2. The molecule has 0 bridgehead atoms. The van der Waals surface area contributed by atoms with Gasteiger partial charge in [0.15, 0.2) is 0 Å². The third-order valence-corrected chi connectivity index (χ3v) is 4.73. The molecule has 1 saturated carbocycles. The van der Waals surface area contributed by atoms with Crippen molar-refractivity contribution >= 4 is 12.4 Å². The zero-order valence-corrected chi connectivity index (χ0v) is 12.4. The van der Waals surface area contributed by atoms with E-state index in [1.165, 1.54) is 25.7 Å². The maximum Gasteiger partial charge on any atom is 0.0623 e. The van der Waals surface area contributed by atoms with Crippen molar-refractivity contribution in [1.29, 1.82) is 0 Å². The van der Waals surface area contributed by atoms with Crippen LogP contribution in [0.25, 0.3) is 0 Å². The van der Waals surface area contributed by atoms with E-state index in [0.717, 1.165) is 51.4 Å². The molecular weight excluding hydrogens is 264 g/mol. The van der Waals surface area contributed by atoms with E-state index in [9.17, 15) is 0 Å². The van der Waals surface area contributed by atoms with Crippen molar-refractivity contribution in [3.8, 4) is 0 Å². The van der Waals surface area contributed by atoms with Crippen LogP contribution in [0.3, 0.4) is 0 Å². The van der Waals surface area contributed by atoms with Gasteiger partial charge in [-0.1, -0.05) is 6.42 Å². The Hall–Kier alpha value is 0.130. The van der Waals surface area contributed by atoms with E-state index in [-0.39, 0.29) is 12.4 Å². The minimum absolute atomic E-state index is 0. The largest absolute Gasteiger partial charge is 0.381 e. The van der Waals surface area contributed by atoms with Gasteiger partial charge in [0.1, 0.15) is 0 Å². The molecule has 4 unspecified atom stereocenters. The van der Waals surface area contributed by atoms with Gasteiger partial charge in [0.05, 0.1) is 19.8 Å². The van der Waals surface area contributed by atoms with Gasteiger partial charge >= 0.3 is 0 Å². The third-order valence-electron chi connectivity index (χ3n) is 4.73. The smallest absolute Gasteiger partial charge is 0.0623 e. The molecule has 2 aliphatic heterocycles. The van der Waals surface area contributed by atoms with Crippen molar-refractivity contribution in [2.24, 2.45) is 11.8 Å². The predicted octanol–water partition coefficient (Wildman–Crippen LogP) is 1.19. The minimum Gasteiger partial charge on any atom is -0.381 e. The lowest BCUT2D eigenvalue weighted by atomic mass is 9.93. The summed E-state index contributed by atoms with van der Waals surface area (Å²) >= 11 is 0. The molecule has 19 heavy (non-hydrogen) atoms. The molecule has 0 aromatic rings. The first-order valence-corrected chi connectivity index (χ1v) is 7.56. The van der Waals surface area contributed by atoms with Gasteiger partial charge in [-0.05, 0) is 31.1 Å². The zero-order valence-electron chi connectivity index (χ0n) is 11.6. The molecule has 1 aliphatic carbocycles. The highest BCUT2D eigenvalue weighted by Gasteiger charge is 2.34. The molecule has 0 radical (unpaired) electrons. The number of halogens is 1. The van der Waals surface area contributed by atoms with Crippen LogP contribution in [0.4, 0.5) is 0 Å². The van der Waals surface area contributed by atoms with Gasteiger partial charge in [0.2, 0.25) is 0 Å².